The number of benzene rings is 1. The van der Waals surface area contributed by atoms with Crippen molar-refractivity contribution in [1.82, 2.24) is 14.2 Å². The van der Waals surface area contributed by atoms with Crippen molar-refractivity contribution in [3.05, 3.63) is 39.2 Å². The van der Waals surface area contributed by atoms with Gasteiger partial charge in [0.1, 0.15) is 10.3 Å². The number of halogens is 2. The van der Waals surface area contributed by atoms with Gasteiger partial charge in [0, 0.05) is 19.6 Å². The molecule has 1 atom stereocenters. The van der Waals surface area contributed by atoms with Crippen LogP contribution in [0.25, 0.3) is 10.2 Å². The van der Waals surface area contributed by atoms with Gasteiger partial charge in [0.15, 0.2) is 5.13 Å². The summed E-state index contributed by atoms with van der Waals surface area (Å²) >= 11 is 14.7. The number of rotatable bonds is 7. The number of thiazole rings is 1. The van der Waals surface area contributed by atoms with E-state index < -0.39 is 16.1 Å². The zero-order chi connectivity index (χ0) is 23.9. The predicted octanol–water partition coefficient (Wildman–Crippen LogP) is 4.72. The van der Waals surface area contributed by atoms with Gasteiger partial charge in [0.05, 0.1) is 19.6 Å². The molecule has 1 saturated heterocycles. The summed E-state index contributed by atoms with van der Waals surface area (Å²) in [5.41, 5.74) is 1.73. The summed E-state index contributed by atoms with van der Waals surface area (Å²) in [6.45, 7) is 3.23. The predicted molar refractivity (Wildman–Crippen MR) is 137 cm³/mol. The lowest BCUT2D eigenvalue weighted by atomic mass is 10.2. The first-order chi connectivity index (χ1) is 15.6. The number of aryl methyl sites for hydroxylation is 1. The molecular formula is C21H24Cl2N4O3S3. The third-order valence-electron chi connectivity index (χ3n) is 5.55. The molecule has 0 saturated carbocycles. The minimum absolute atomic E-state index is 0.148. The Morgan fingerprint density at radius 1 is 1.18 bits per heavy atom. The van der Waals surface area contributed by atoms with Crippen LogP contribution >= 0.6 is 45.9 Å². The summed E-state index contributed by atoms with van der Waals surface area (Å²) in [6, 6.07) is 5.98. The number of carbonyl (C=O) groups is 1. The molecule has 0 bridgehead atoms. The van der Waals surface area contributed by atoms with E-state index in [2.05, 4.69) is 0 Å². The van der Waals surface area contributed by atoms with Gasteiger partial charge in [0.25, 0.3) is 10.0 Å². The van der Waals surface area contributed by atoms with E-state index in [-0.39, 0.29) is 10.1 Å². The van der Waals surface area contributed by atoms with Crippen LogP contribution in [0.4, 0.5) is 5.13 Å². The molecule has 1 fully saturated rings. The number of aromatic nitrogens is 1. The highest BCUT2D eigenvalue weighted by Crippen LogP contribution is 2.37. The molecule has 1 aliphatic heterocycles. The second-order valence-corrected chi connectivity index (χ2v) is 13.4. The molecule has 1 unspecified atom stereocenters. The van der Waals surface area contributed by atoms with Gasteiger partial charge in [0.2, 0.25) is 5.91 Å². The quantitative estimate of drug-likeness (QED) is 0.428. The van der Waals surface area contributed by atoms with Crippen LogP contribution in [0.2, 0.25) is 9.36 Å². The molecule has 178 valence electrons. The first-order valence-corrected chi connectivity index (χ1v) is 14.2. The lowest BCUT2D eigenvalue weighted by molar-refractivity contribution is -0.121. The van der Waals surface area contributed by atoms with Crippen LogP contribution < -0.4 is 4.90 Å². The Kier molecular flexibility index (Phi) is 7.35. The van der Waals surface area contributed by atoms with Gasteiger partial charge in [-0.2, -0.15) is 4.31 Å². The monoisotopic (exact) mass is 546 g/mol. The molecule has 4 rings (SSSR count). The fourth-order valence-electron chi connectivity index (χ4n) is 3.81. The van der Waals surface area contributed by atoms with E-state index in [0.29, 0.717) is 47.0 Å². The van der Waals surface area contributed by atoms with Crippen molar-refractivity contribution in [3.8, 4) is 0 Å². The molecule has 0 radical (unpaired) electrons. The highest BCUT2D eigenvalue weighted by Gasteiger charge is 2.42. The van der Waals surface area contributed by atoms with Crippen LogP contribution in [0.1, 0.15) is 18.4 Å². The standard InChI is InChI=1S/C21H24Cl2N4O3S3/c1-13-6-7-14(22)19-18(13)24-21(32-19)26(12-11-25(2)3)20(28)15-5-4-10-27(15)33(29,30)17-9-8-16(23)31-17/h6-9,15H,4-5,10-12H2,1-3H3. The third-order valence-corrected chi connectivity index (χ3v) is 10.7. The van der Waals surface area contributed by atoms with Crippen molar-refractivity contribution in [2.75, 3.05) is 38.6 Å². The Bertz CT molecular complexity index is 1250. The van der Waals surface area contributed by atoms with E-state index >= 15 is 0 Å². The molecule has 12 heteroatoms. The second-order valence-electron chi connectivity index (χ2n) is 8.16. The van der Waals surface area contributed by atoms with E-state index in [9.17, 15) is 13.2 Å². The molecule has 1 aromatic carbocycles. The summed E-state index contributed by atoms with van der Waals surface area (Å²) in [5, 5.41) is 1.11. The average Bonchev–Trinajstić information content (AvgIpc) is 3.50. The maximum atomic E-state index is 13.8. The van der Waals surface area contributed by atoms with E-state index in [0.717, 1.165) is 27.1 Å². The van der Waals surface area contributed by atoms with Crippen molar-refractivity contribution < 1.29 is 13.2 Å². The number of fused-ring (bicyclic) bond motifs is 1. The number of thiophene rings is 1. The summed E-state index contributed by atoms with van der Waals surface area (Å²) in [6.07, 6.45) is 1.07. The van der Waals surface area contributed by atoms with Crippen molar-refractivity contribution in [2.45, 2.75) is 30.0 Å². The minimum Gasteiger partial charge on any atom is -0.308 e. The van der Waals surface area contributed by atoms with Crippen LogP contribution in [0.3, 0.4) is 0 Å². The number of amides is 1. The van der Waals surface area contributed by atoms with Crippen molar-refractivity contribution in [3.63, 3.8) is 0 Å². The van der Waals surface area contributed by atoms with Gasteiger partial charge in [-0.1, -0.05) is 40.6 Å². The second kappa shape index (κ2) is 9.77. The number of hydrogen-bond acceptors (Lipinski definition) is 7. The Balaban J connectivity index is 1.71. The lowest BCUT2D eigenvalue weighted by Crippen LogP contribution is -2.49. The van der Waals surface area contributed by atoms with E-state index in [4.69, 9.17) is 28.2 Å². The van der Waals surface area contributed by atoms with Gasteiger partial charge in [-0.25, -0.2) is 13.4 Å². The number of sulfonamides is 1. The Morgan fingerprint density at radius 2 is 1.94 bits per heavy atom. The number of hydrogen-bond donors (Lipinski definition) is 0. The third kappa shape index (κ3) is 4.93. The van der Waals surface area contributed by atoms with Crippen LogP contribution in [0, 0.1) is 6.92 Å². The molecule has 0 aliphatic carbocycles. The molecule has 3 aromatic rings. The van der Waals surface area contributed by atoms with E-state index in [1.165, 1.54) is 21.7 Å². The molecule has 1 aliphatic rings. The number of anilines is 1. The number of carbonyl (C=O) groups excluding carboxylic acids is 1. The zero-order valence-corrected chi connectivity index (χ0v) is 22.4. The average molecular weight is 548 g/mol. The van der Waals surface area contributed by atoms with Crippen LogP contribution in [-0.2, 0) is 14.8 Å². The number of nitrogens with zero attached hydrogens (tertiary/aromatic N) is 4. The number of likely N-dealkylation sites (N-methyl/N-ethyl adjacent to an activating group) is 1. The normalized spacial score (nSPS) is 17.3. The molecule has 1 amide bonds. The molecule has 33 heavy (non-hydrogen) atoms. The van der Waals surface area contributed by atoms with Gasteiger partial charge in [-0.05, 0) is 57.6 Å². The first kappa shape index (κ1) is 24.8. The highest BCUT2D eigenvalue weighted by molar-refractivity contribution is 7.91. The van der Waals surface area contributed by atoms with Gasteiger partial charge >= 0.3 is 0 Å². The maximum absolute atomic E-state index is 13.8. The fourth-order valence-corrected chi connectivity index (χ4v) is 8.42. The molecule has 2 aromatic heterocycles. The van der Waals surface area contributed by atoms with Gasteiger partial charge < -0.3 is 4.90 Å². The SMILES string of the molecule is Cc1ccc(Cl)c2sc(N(CCN(C)C)C(=O)C3CCCN3S(=O)(=O)c3ccc(Cl)s3)nc12. The summed E-state index contributed by atoms with van der Waals surface area (Å²) in [4.78, 5) is 22.1. The Labute approximate surface area is 211 Å². The Hall–Kier alpha value is -1.27. The Morgan fingerprint density at radius 3 is 2.58 bits per heavy atom. The lowest BCUT2D eigenvalue weighted by Gasteiger charge is -2.29. The summed E-state index contributed by atoms with van der Waals surface area (Å²) < 4.78 is 29.2. The summed E-state index contributed by atoms with van der Waals surface area (Å²) in [7, 11) is 0.0252. The minimum atomic E-state index is -3.83. The molecule has 0 spiro atoms. The van der Waals surface area contributed by atoms with Crippen LogP contribution in [-0.4, -0.2) is 68.3 Å². The van der Waals surface area contributed by atoms with E-state index in [1.54, 1.807) is 11.0 Å². The fraction of sp³-hybridized carbons (Fsp3) is 0.429. The maximum Gasteiger partial charge on any atom is 0.253 e. The first-order valence-electron chi connectivity index (χ1n) is 10.4. The topological polar surface area (TPSA) is 73.8 Å². The zero-order valence-electron chi connectivity index (χ0n) is 18.4. The van der Waals surface area contributed by atoms with Crippen molar-refractivity contribution in [1.29, 1.82) is 0 Å². The van der Waals surface area contributed by atoms with Gasteiger partial charge in [-0.3, -0.25) is 9.69 Å². The highest BCUT2D eigenvalue weighted by atomic mass is 35.5. The van der Waals surface area contributed by atoms with Crippen LogP contribution in [0.5, 0.6) is 0 Å². The summed E-state index contributed by atoms with van der Waals surface area (Å²) in [5.74, 6) is -0.270. The van der Waals surface area contributed by atoms with Gasteiger partial charge in [-0.15, -0.1) is 11.3 Å². The molecule has 3 heterocycles. The van der Waals surface area contributed by atoms with Crippen molar-refractivity contribution >= 4 is 77.2 Å². The molecular weight excluding hydrogens is 523 g/mol. The smallest absolute Gasteiger partial charge is 0.253 e. The molecule has 0 N–H and O–H groups in total. The van der Waals surface area contributed by atoms with Crippen molar-refractivity contribution in [2.24, 2.45) is 0 Å². The van der Waals surface area contributed by atoms with Crippen LogP contribution in [0.15, 0.2) is 28.5 Å². The molecule has 7 nitrogen and oxygen atoms in total. The van der Waals surface area contributed by atoms with E-state index in [1.807, 2.05) is 38.1 Å². The largest absolute Gasteiger partial charge is 0.308 e.